The van der Waals surface area contributed by atoms with Gasteiger partial charge in [0.05, 0.1) is 6.20 Å². The number of carboxylic acids is 1. The van der Waals surface area contributed by atoms with Gasteiger partial charge in [0, 0.05) is 17.7 Å². The Labute approximate surface area is 141 Å². The number of nitrogens with two attached hydrogens (primary N) is 1. The normalized spacial score (nSPS) is 18.4. The molecule has 0 fully saturated rings. The van der Waals surface area contributed by atoms with E-state index in [1.807, 2.05) is 0 Å². The summed E-state index contributed by atoms with van der Waals surface area (Å²) in [7, 11) is 0. The Balaban J connectivity index is 2.12. The van der Waals surface area contributed by atoms with E-state index in [1.165, 1.54) is 24.7 Å². The zero-order valence-electron chi connectivity index (χ0n) is 12.2. The van der Waals surface area contributed by atoms with E-state index in [2.05, 4.69) is 20.4 Å². The van der Waals surface area contributed by atoms with Crippen LogP contribution in [0.3, 0.4) is 0 Å². The number of benzene rings is 1. The summed E-state index contributed by atoms with van der Waals surface area (Å²) in [5.41, 5.74) is 9.47. The molecule has 1 aromatic heterocycles. The minimum atomic E-state index is -1.05. The van der Waals surface area contributed by atoms with Crippen molar-refractivity contribution in [2.24, 2.45) is 10.7 Å². The molecule has 1 atom stereocenters. The summed E-state index contributed by atoms with van der Waals surface area (Å²) in [4.78, 5) is 34.5. The molecule has 1 aliphatic rings. The zero-order valence-corrected chi connectivity index (χ0v) is 12.9. The molecule has 1 amide bonds. The number of aliphatic imine (C=N–C) groups is 1. The van der Waals surface area contributed by atoms with Crippen molar-refractivity contribution >= 4 is 47.0 Å². The lowest BCUT2D eigenvalue weighted by atomic mass is 10.2. The van der Waals surface area contributed by atoms with Crippen LogP contribution >= 0.6 is 11.6 Å². The van der Waals surface area contributed by atoms with Gasteiger partial charge in [-0.1, -0.05) is 0 Å². The van der Waals surface area contributed by atoms with Gasteiger partial charge in [0.15, 0.2) is 11.4 Å². The average Bonchev–Trinajstić information content (AvgIpc) is 2.92. The van der Waals surface area contributed by atoms with Crippen molar-refractivity contribution in [1.82, 2.24) is 20.0 Å². The van der Waals surface area contributed by atoms with Crippen LogP contribution in [-0.2, 0) is 4.79 Å². The number of carbonyl (C=O) groups excluding carboxylic acids is 1. The molecule has 10 heteroatoms. The molecule has 3 rings (SSSR count). The SMILES string of the molecule is NC(=O)c1ccc([N+]2(NCC(=O)O)C=Nc3cnc(Cl)nc32)cc1. The van der Waals surface area contributed by atoms with Crippen LogP contribution in [0.2, 0.25) is 5.28 Å². The highest BCUT2D eigenvalue weighted by Crippen LogP contribution is 2.41. The number of halogens is 1. The van der Waals surface area contributed by atoms with Crippen molar-refractivity contribution in [3.63, 3.8) is 0 Å². The Morgan fingerprint density at radius 1 is 1.29 bits per heavy atom. The van der Waals surface area contributed by atoms with E-state index in [-0.39, 0.29) is 16.4 Å². The van der Waals surface area contributed by atoms with Crippen molar-refractivity contribution in [2.45, 2.75) is 0 Å². The Bertz CT molecular complexity index is 854. The fourth-order valence-electron chi connectivity index (χ4n) is 2.35. The molecule has 9 nitrogen and oxygen atoms in total. The summed E-state index contributed by atoms with van der Waals surface area (Å²) in [6.07, 6.45) is 2.93. The van der Waals surface area contributed by atoms with E-state index in [4.69, 9.17) is 22.4 Å². The van der Waals surface area contributed by atoms with E-state index >= 15 is 0 Å². The van der Waals surface area contributed by atoms with Crippen LogP contribution in [0.4, 0.5) is 17.2 Å². The molecule has 0 aliphatic carbocycles. The number of rotatable bonds is 5. The van der Waals surface area contributed by atoms with Crippen molar-refractivity contribution < 1.29 is 14.7 Å². The number of primary amides is 1. The van der Waals surface area contributed by atoms with Gasteiger partial charge in [0.2, 0.25) is 17.5 Å². The predicted molar refractivity (Wildman–Crippen MR) is 87.2 cm³/mol. The van der Waals surface area contributed by atoms with Gasteiger partial charge in [0.25, 0.3) is 5.82 Å². The van der Waals surface area contributed by atoms with Gasteiger partial charge in [0.1, 0.15) is 6.54 Å². The lowest BCUT2D eigenvalue weighted by Gasteiger charge is -2.28. The molecule has 24 heavy (non-hydrogen) atoms. The number of quaternary nitrogens is 1. The molecule has 0 spiro atoms. The fourth-order valence-corrected chi connectivity index (χ4v) is 2.48. The highest BCUT2D eigenvalue weighted by atomic mass is 35.5. The summed E-state index contributed by atoms with van der Waals surface area (Å²) in [6.45, 7) is -0.356. The summed E-state index contributed by atoms with van der Waals surface area (Å²) in [6, 6.07) is 6.33. The van der Waals surface area contributed by atoms with E-state index in [9.17, 15) is 9.59 Å². The summed E-state index contributed by atoms with van der Waals surface area (Å²) in [5, 5.41) is 9.02. The van der Waals surface area contributed by atoms with Crippen molar-refractivity contribution in [1.29, 1.82) is 0 Å². The van der Waals surface area contributed by atoms with E-state index in [1.54, 1.807) is 12.1 Å². The number of nitrogens with one attached hydrogen (secondary N) is 1. The van der Waals surface area contributed by atoms with Gasteiger partial charge >= 0.3 is 5.97 Å². The molecule has 0 saturated heterocycles. The molecule has 4 N–H and O–H groups in total. The third-order valence-electron chi connectivity index (χ3n) is 3.46. The number of aliphatic carboxylic acids is 1. The van der Waals surface area contributed by atoms with Gasteiger partial charge < -0.3 is 10.8 Å². The standard InChI is InChI=1S/C14H11ClN6O3/c15-14-17-5-10-13(20-14)21(7-18-10,19-6-11(22)23)9-3-1-8(2-4-9)12(16)24/h1-5,7,19H,6H2,(H2-,16,22,23,24)/p+1. The zero-order chi connectivity index (χ0) is 17.3. The first-order valence-electron chi connectivity index (χ1n) is 6.77. The number of carbonyl (C=O) groups is 2. The number of fused-ring (bicyclic) bond motifs is 1. The molecule has 0 saturated carbocycles. The molecule has 122 valence electrons. The number of hydrogen-bond donors (Lipinski definition) is 3. The molecule has 2 aromatic rings. The lowest BCUT2D eigenvalue weighted by Crippen LogP contribution is -2.55. The third-order valence-corrected chi connectivity index (χ3v) is 3.65. The third kappa shape index (κ3) is 2.71. The summed E-state index contributed by atoms with van der Waals surface area (Å²) >= 11 is 5.87. The Kier molecular flexibility index (Phi) is 3.97. The summed E-state index contributed by atoms with van der Waals surface area (Å²) in [5.74, 6) is -1.24. The van der Waals surface area contributed by atoms with E-state index < -0.39 is 11.9 Å². The van der Waals surface area contributed by atoms with Crippen molar-refractivity contribution in [3.8, 4) is 0 Å². The van der Waals surface area contributed by atoms with Crippen LogP contribution in [0.1, 0.15) is 10.4 Å². The molecule has 1 aromatic carbocycles. The average molecular weight is 348 g/mol. The second-order valence-corrected chi connectivity index (χ2v) is 5.29. The highest BCUT2D eigenvalue weighted by Gasteiger charge is 2.42. The van der Waals surface area contributed by atoms with Crippen LogP contribution in [0.5, 0.6) is 0 Å². The van der Waals surface area contributed by atoms with Crippen LogP contribution < -0.4 is 15.8 Å². The highest BCUT2D eigenvalue weighted by molar-refractivity contribution is 6.28. The Morgan fingerprint density at radius 3 is 2.62 bits per heavy atom. The van der Waals surface area contributed by atoms with E-state index in [0.717, 1.165) is 0 Å². The fraction of sp³-hybridized carbons (Fsp3) is 0.0714. The second kappa shape index (κ2) is 5.96. The van der Waals surface area contributed by atoms with Gasteiger partial charge in [-0.15, -0.1) is 10.0 Å². The van der Waals surface area contributed by atoms with Crippen molar-refractivity contribution in [3.05, 3.63) is 41.3 Å². The lowest BCUT2D eigenvalue weighted by molar-refractivity contribution is -0.136. The second-order valence-electron chi connectivity index (χ2n) is 4.95. The molecule has 2 heterocycles. The van der Waals surface area contributed by atoms with Gasteiger partial charge in [-0.3, -0.25) is 9.59 Å². The minimum absolute atomic E-state index is 0.00707. The van der Waals surface area contributed by atoms with Crippen molar-refractivity contribution in [2.75, 3.05) is 6.54 Å². The van der Waals surface area contributed by atoms with Gasteiger partial charge in [-0.2, -0.15) is 9.98 Å². The maximum Gasteiger partial charge on any atom is 0.322 e. The van der Waals surface area contributed by atoms with Crippen LogP contribution in [-0.4, -0.2) is 39.8 Å². The largest absolute Gasteiger partial charge is 0.480 e. The van der Waals surface area contributed by atoms with Crippen LogP contribution in [0.15, 0.2) is 35.5 Å². The number of carboxylic acid groups (broad SMARTS) is 1. The van der Waals surface area contributed by atoms with Crippen LogP contribution in [0, 0.1) is 0 Å². The number of aromatic nitrogens is 2. The van der Waals surface area contributed by atoms with Gasteiger partial charge in [-0.25, -0.2) is 4.98 Å². The molecule has 0 radical (unpaired) electrons. The molecule has 1 aliphatic heterocycles. The Morgan fingerprint density at radius 2 is 2.00 bits per heavy atom. The summed E-state index contributed by atoms with van der Waals surface area (Å²) < 4.78 is -0.275. The predicted octanol–water partition coefficient (Wildman–Crippen LogP) is 1.13. The van der Waals surface area contributed by atoms with E-state index in [0.29, 0.717) is 22.8 Å². The molecular formula is C14H12ClN6O3+. The molecular weight excluding hydrogens is 336 g/mol. The smallest absolute Gasteiger partial charge is 0.322 e. The maximum absolute atomic E-state index is 11.2. The Hall–Kier alpha value is -2.88. The van der Waals surface area contributed by atoms with Crippen LogP contribution in [0.25, 0.3) is 0 Å². The minimum Gasteiger partial charge on any atom is -0.480 e. The molecule has 1 unspecified atom stereocenters. The van der Waals surface area contributed by atoms with Gasteiger partial charge in [-0.05, 0) is 23.7 Å². The first-order valence-corrected chi connectivity index (χ1v) is 7.14. The first kappa shape index (κ1) is 16.0. The first-order chi connectivity index (χ1) is 11.4. The maximum atomic E-state index is 11.2. The number of hydrogen-bond acceptors (Lipinski definition) is 6. The monoisotopic (exact) mass is 347 g/mol. The quantitative estimate of drug-likeness (QED) is 0.549. The molecule has 0 bridgehead atoms. The number of nitrogens with zero attached hydrogens (tertiary/aromatic N) is 4. The number of amides is 1. The topological polar surface area (TPSA) is 131 Å².